The van der Waals surface area contributed by atoms with Crippen LogP contribution in [-0.4, -0.2) is 19.9 Å². The van der Waals surface area contributed by atoms with Gasteiger partial charge in [0.15, 0.2) is 0 Å². The molecule has 0 bridgehead atoms. The number of hydrogen-bond acceptors (Lipinski definition) is 2. The van der Waals surface area contributed by atoms with Crippen LogP contribution in [-0.2, 0) is 16.4 Å². The summed E-state index contributed by atoms with van der Waals surface area (Å²) in [5.74, 6) is -0.426. The van der Waals surface area contributed by atoms with Crippen molar-refractivity contribution in [1.82, 2.24) is 9.71 Å². The summed E-state index contributed by atoms with van der Waals surface area (Å²) in [6.45, 7) is 1.77. The van der Waals surface area contributed by atoms with Gasteiger partial charge in [0, 0.05) is 28.7 Å². The molecule has 0 aliphatic rings. The van der Waals surface area contributed by atoms with Crippen LogP contribution in [0.5, 0.6) is 0 Å². The SMILES string of the molecule is Cc1cc(S(=O)(=O)NCCc2c[nH]c3ccc(Cl)cc23)ccc1F. The lowest BCUT2D eigenvalue weighted by Crippen LogP contribution is -2.26. The molecule has 0 spiro atoms. The van der Waals surface area contributed by atoms with Crippen molar-refractivity contribution in [1.29, 1.82) is 0 Å². The Balaban J connectivity index is 1.72. The molecule has 0 radical (unpaired) electrons. The van der Waals surface area contributed by atoms with Gasteiger partial charge >= 0.3 is 0 Å². The van der Waals surface area contributed by atoms with Gasteiger partial charge in [-0.25, -0.2) is 17.5 Å². The van der Waals surface area contributed by atoms with Crippen LogP contribution in [0.3, 0.4) is 0 Å². The molecule has 2 aromatic carbocycles. The Bertz CT molecular complexity index is 999. The zero-order chi connectivity index (χ0) is 17.3. The quantitative estimate of drug-likeness (QED) is 0.721. The van der Waals surface area contributed by atoms with Crippen LogP contribution in [0.4, 0.5) is 4.39 Å². The van der Waals surface area contributed by atoms with Crippen LogP contribution in [0.15, 0.2) is 47.5 Å². The summed E-state index contributed by atoms with van der Waals surface area (Å²) in [7, 11) is -3.67. The number of aromatic nitrogens is 1. The van der Waals surface area contributed by atoms with E-state index in [2.05, 4.69) is 9.71 Å². The number of nitrogens with one attached hydrogen (secondary N) is 2. The Morgan fingerprint density at radius 2 is 2.00 bits per heavy atom. The van der Waals surface area contributed by atoms with E-state index in [1.807, 2.05) is 18.3 Å². The van der Waals surface area contributed by atoms with Crippen LogP contribution < -0.4 is 4.72 Å². The van der Waals surface area contributed by atoms with E-state index in [1.54, 1.807) is 6.07 Å². The molecule has 2 N–H and O–H groups in total. The zero-order valence-corrected chi connectivity index (χ0v) is 14.5. The van der Waals surface area contributed by atoms with E-state index in [4.69, 9.17) is 11.6 Å². The van der Waals surface area contributed by atoms with Crippen LogP contribution in [0, 0.1) is 12.7 Å². The lowest BCUT2D eigenvalue weighted by molar-refractivity contribution is 0.580. The minimum absolute atomic E-state index is 0.0587. The maximum absolute atomic E-state index is 13.3. The molecule has 3 rings (SSSR count). The molecule has 0 fully saturated rings. The molecular formula is C17H16ClFN2O2S. The van der Waals surface area contributed by atoms with Crippen LogP contribution in [0.1, 0.15) is 11.1 Å². The molecule has 7 heteroatoms. The topological polar surface area (TPSA) is 62.0 Å². The number of fused-ring (bicyclic) bond motifs is 1. The fourth-order valence-corrected chi connectivity index (χ4v) is 3.83. The molecule has 126 valence electrons. The van der Waals surface area contributed by atoms with Crippen LogP contribution >= 0.6 is 11.6 Å². The average Bonchev–Trinajstić information content (AvgIpc) is 2.92. The van der Waals surface area contributed by atoms with E-state index in [1.165, 1.54) is 19.1 Å². The second kappa shape index (κ2) is 6.55. The number of aromatic amines is 1. The van der Waals surface area contributed by atoms with Crippen molar-refractivity contribution in [2.24, 2.45) is 0 Å². The van der Waals surface area contributed by atoms with Gasteiger partial charge in [-0.3, -0.25) is 0 Å². The normalized spacial score (nSPS) is 12.0. The van der Waals surface area contributed by atoms with Gasteiger partial charge in [0.1, 0.15) is 5.82 Å². The van der Waals surface area contributed by atoms with Crippen molar-refractivity contribution in [3.8, 4) is 0 Å². The second-order valence-electron chi connectivity index (χ2n) is 5.56. The second-order valence-corrected chi connectivity index (χ2v) is 7.77. The van der Waals surface area contributed by atoms with Gasteiger partial charge in [0.05, 0.1) is 4.90 Å². The molecular weight excluding hydrogens is 351 g/mol. The fourth-order valence-electron chi connectivity index (χ4n) is 2.55. The monoisotopic (exact) mass is 366 g/mol. The minimum Gasteiger partial charge on any atom is -0.361 e. The summed E-state index contributed by atoms with van der Waals surface area (Å²) < 4.78 is 40.4. The number of sulfonamides is 1. The summed E-state index contributed by atoms with van der Waals surface area (Å²) in [5.41, 5.74) is 2.22. The standard InChI is InChI=1S/C17H16ClFN2O2S/c1-11-8-14(3-4-16(11)19)24(22,23)21-7-6-12-10-20-17-5-2-13(18)9-15(12)17/h2-5,8-10,20-21H,6-7H2,1H3. The Hall–Kier alpha value is -1.89. The summed E-state index contributed by atoms with van der Waals surface area (Å²) in [6.07, 6.45) is 2.36. The Labute approximate surface area is 144 Å². The van der Waals surface area contributed by atoms with E-state index in [9.17, 15) is 12.8 Å². The van der Waals surface area contributed by atoms with Gasteiger partial charge in [0.25, 0.3) is 0 Å². The van der Waals surface area contributed by atoms with E-state index in [0.717, 1.165) is 22.5 Å². The van der Waals surface area contributed by atoms with Crippen molar-refractivity contribution in [2.45, 2.75) is 18.2 Å². The first-order valence-corrected chi connectivity index (χ1v) is 9.24. The maximum atomic E-state index is 13.3. The maximum Gasteiger partial charge on any atom is 0.240 e. The summed E-state index contributed by atoms with van der Waals surface area (Å²) in [5, 5.41) is 1.60. The number of halogens is 2. The lowest BCUT2D eigenvalue weighted by atomic mass is 10.1. The first-order chi connectivity index (χ1) is 11.4. The average molecular weight is 367 g/mol. The fraction of sp³-hybridized carbons (Fsp3) is 0.176. The molecule has 24 heavy (non-hydrogen) atoms. The van der Waals surface area contributed by atoms with E-state index in [-0.39, 0.29) is 11.4 Å². The molecule has 0 aliphatic heterocycles. The number of H-pyrrole nitrogens is 1. The predicted molar refractivity (Wildman–Crippen MR) is 93.3 cm³/mol. The van der Waals surface area contributed by atoms with Crippen molar-refractivity contribution in [3.05, 3.63) is 64.6 Å². The molecule has 0 unspecified atom stereocenters. The highest BCUT2D eigenvalue weighted by atomic mass is 35.5. The number of aryl methyl sites for hydroxylation is 1. The Morgan fingerprint density at radius 3 is 2.75 bits per heavy atom. The highest BCUT2D eigenvalue weighted by Crippen LogP contribution is 2.22. The number of benzene rings is 2. The Morgan fingerprint density at radius 1 is 1.21 bits per heavy atom. The number of hydrogen-bond donors (Lipinski definition) is 2. The predicted octanol–water partition coefficient (Wildman–Crippen LogP) is 3.79. The third-order valence-electron chi connectivity index (χ3n) is 3.86. The van der Waals surface area contributed by atoms with Gasteiger partial charge in [-0.1, -0.05) is 11.6 Å². The molecule has 1 aromatic heterocycles. The largest absolute Gasteiger partial charge is 0.361 e. The molecule has 0 aliphatic carbocycles. The Kier molecular flexibility index (Phi) is 4.62. The third kappa shape index (κ3) is 3.45. The summed E-state index contributed by atoms with van der Waals surface area (Å²) in [4.78, 5) is 3.19. The van der Waals surface area contributed by atoms with Gasteiger partial charge in [-0.2, -0.15) is 0 Å². The van der Waals surface area contributed by atoms with Gasteiger partial charge < -0.3 is 4.98 Å². The van der Waals surface area contributed by atoms with Gasteiger partial charge in [0.2, 0.25) is 10.0 Å². The summed E-state index contributed by atoms with van der Waals surface area (Å²) >= 11 is 6.01. The van der Waals surface area contributed by atoms with Crippen LogP contribution in [0.2, 0.25) is 5.02 Å². The lowest BCUT2D eigenvalue weighted by Gasteiger charge is -2.08. The van der Waals surface area contributed by atoms with Gasteiger partial charge in [-0.05, 0) is 60.9 Å². The van der Waals surface area contributed by atoms with E-state index < -0.39 is 15.8 Å². The first kappa shape index (κ1) is 17.0. The van der Waals surface area contributed by atoms with E-state index in [0.29, 0.717) is 17.0 Å². The minimum atomic E-state index is -3.67. The van der Waals surface area contributed by atoms with Crippen molar-refractivity contribution < 1.29 is 12.8 Å². The molecule has 0 saturated carbocycles. The highest BCUT2D eigenvalue weighted by Gasteiger charge is 2.15. The molecule has 1 heterocycles. The highest BCUT2D eigenvalue weighted by molar-refractivity contribution is 7.89. The smallest absolute Gasteiger partial charge is 0.240 e. The first-order valence-electron chi connectivity index (χ1n) is 7.38. The molecule has 4 nitrogen and oxygen atoms in total. The van der Waals surface area contributed by atoms with Crippen molar-refractivity contribution >= 4 is 32.5 Å². The number of rotatable bonds is 5. The molecule has 0 saturated heterocycles. The molecule has 0 atom stereocenters. The van der Waals surface area contributed by atoms with E-state index >= 15 is 0 Å². The third-order valence-corrected chi connectivity index (χ3v) is 5.55. The van der Waals surface area contributed by atoms with Crippen molar-refractivity contribution in [3.63, 3.8) is 0 Å². The molecule has 0 amide bonds. The van der Waals surface area contributed by atoms with Crippen molar-refractivity contribution in [2.75, 3.05) is 6.54 Å². The van der Waals surface area contributed by atoms with Crippen LogP contribution in [0.25, 0.3) is 10.9 Å². The molecule has 3 aromatic rings. The summed E-state index contributed by atoms with van der Waals surface area (Å²) in [6, 6.07) is 9.27. The zero-order valence-electron chi connectivity index (χ0n) is 12.9. The van der Waals surface area contributed by atoms with Gasteiger partial charge in [-0.15, -0.1) is 0 Å².